The average molecular weight is 559 g/mol. The van der Waals surface area contributed by atoms with E-state index in [0.29, 0.717) is 19.5 Å². The van der Waals surface area contributed by atoms with Crippen LogP contribution in [0.15, 0.2) is 71.6 Å². The van der Waals surface area contributed by atoms with Crippen molar-refractivity contribution < 1.29 is 40.9 Å². The maximum atomic E-state index is 12.9. The highest BCUT2D eigenvalue weighted by atomic mass is 35.5. The summed E-state index contributed by atoms with van der Waals surface area (Å²) in [4.78, 5) is 40.0. The number of anilines is 1. The second-order valence-corrected chi connectivity index (χ2v) is 11.1. The number of benzene rings is 3. The van der Waals surface area contributed by atoms with Crippen molar-refractivity contribution in [3.8, 4) is 0 Å². The molecule has 9 nitrogen and oxygen atoms in total. The van der Waals surface area contributed by atoms with Crippen molar-refractivity contribution in [2.24, 2.45) is 0 Å². The number of nitrogens with one attached hydrogen (secondary N) is 2. The summed E-state index contributed by atoms with van der Waals surface area (Å²) in [5, 5.41) is 7.72. The Morgan fingerprint density at radius 1 is 1.00 bits per heavy atom. The van der Waals surface area contributed by atoms with E-state index in [4.69, 9.17) is 0 Å². The van der Waals surface area contributed by atoms with E-state index in [0.717, 1.165) is 16.3 Å². The van der Waals surface area contributed by atoms with Crippen molar-refractivity contribution in [3.63, 3.8) is 0 Å². The Labute approximate surface area is 228 Å². The minimum Gasteiger partial charge on any atom is -1.00 e. The first-order chi connectivity index (χ1) is 17.8. The third kappa shape index (κ3) is 6.89. The maximum Gasteiger partial charge on any atom is 0.243 e. The molecule has 1 atom stereocenters. The zero-order valence-corrected chi connectivity index (χ0v) is 22.4. The van der Waals surface area contributed by atoms with Gasteiger partial charge in [0.1, 0.15) is 6.04 Å². The lowest BCUT2D eigenvalue weighted by Gasteiger charge is -2.23. The number of amides is 3. The molecule has 4 rings (SSSR count). The summed E-state index contributed by atoms with van der Waals surface area (Å²) in [6.07, 6.45) is 0.0525. The molecule has 3 aromatic carbocycles. The van der Waals surface area contributed by atoms with Gasteiger partial charge in [-0.1, -0.05) is 54.6 Å². The van der Waals surface area contributed by atoms with Gasteiger partial charge in [-0.05, 0) is 28.5 Å². The Balaban J connectivity index is 0.00000400. The van der Waals surface area contributed by atoms with E-state index >= 15 is 0 Å². The van der Waals surface area contributed by atoms with Crippen LogP contribution in [0, 0.1) is 0 Å². The second kappa shape index (κ2) is 12.9. The fourth-order valence-corrected chi connectivity index (χ4v) is 5.86. The SMILES string of the molecule is [Cl-].[NH3+]CCNC(=O)[C@@H](Cc1ccc2ccccc2c1)NC(=O)CCN1C(=O)CCS(=O)(=O)c2ccccc21. The van der Waals surface area contributed by atoms with E-state index in [1.165, 1.54) is 11.0 Å². The van der Waals surface area contributed by atoms with E-state index in [-0.39, 0.29) is 59.9 Å². The number of rotatable bonds is 9. The van der Waals surface area contributed by atoms with E-state index in [9.17, 15) is 22.8 Å². The summed E-state index contributed by atoms with van der Waals surface area (Å²) in [7, 11) is -3.59. The molecule has 5 N–H and O–H groups in total. The molecule has 0 unspecified atom stereocenters. The molecule has 0 saturated heterocycles. The minimum absolute atomic E-state index is 0. The Bertz CT molecular complexity index is 1430. The van der Waals surface area contributed by atoms with Gasteiger partial charge in [-0.3, -0.25) is 14.4 Å². The molecule has 0 bridgehead atoms. The van der Waals surface area contributed by atoms with Crippen LogP contribution in [0.1, 0.15) is 18.4 Å². The molecule has 3 amide bonds. The Kier molecular flexibility index (Phi) is 9.84. The predicted octanol–water partition coefficient (Wildman–Crippen LogP) is -2.17. The zero-order valence-electron chi connectivity index (χ0n) is 20.9. The van der Waals surface area contributed by atoms with Crippen LogP contribution in [0.2, 0.25) is 0 Å². The van der Waals surface area contributed by atoms with Crippen molar-refractivity contribution >= 4 is 44.0 Å². The molecule has 11 heteroatoms. The largest absolute Gasteiger partial charge is 1.00 e. The van der Waals surface area contributed by atoms with Gasteiger partial charge in [0.05, 0.1) is 29.4 Å². The van der Waals surface area contributed by atoms with E-state index < -0.39 is 21.8 Å². The number of halogens is 1. The molecule has 0 aromatic heterocycles. The summed E-state index contributed by atoms with van der Waals surface area (Å²) < 4.78 is 25.2. The maximum absolute atomic E-state index is 12.9. The molecule has 1 aliphatic rings. The summed E-state index contributed by atoms with van der Waals surface area (Å²) in [5.74, 6) is -1.35. The van der Waals surface area contributed by atoms with Crippen LogP contribution in [0.5, 0.6) is 0 Å². The van der Waals surface area contributed by atoms with Gasteiger partial charge in [0.25, 0.3) is 0 Å². The Morgan fingerprint density at radius 3 is 2.47 bits per heavy atom. The molecule has 1 heterocycles. The quantitative estimate of drug-likeness (QED) is 0.274. The van der Waals surface area contributed by atoms with Gasteiger partial charge in [-0.15, -0.1) is 0 Å². The standard InChI is InChI=1S/C27H30N4O5S.ClH/c28-13-14-29-27(34)22(18-19-9-10-20-5-1-2-6-21(20)17-19)30-25(32)11-15-31-23-7-3-4-8-24(23)37(35,36)16-12-26(31)33;/h1-10,17,22H,11-16,18,28H2,(H,29,34)(H,30,32);1H/t22-;/m1./s1. The fraction of sp³-hybridized carbons (Fsp3) is 0.296. The predicted molar refractivity (Wildman–Crippen MR) is 140 cm³/mol. The molecule has 0 radical (unpaired) electrons. The summed E-state index contributed by atoms with van der Waals surface area (Å²) in [6.45, 7) is 0.901. The molecule has 0 fully saturated rings. The molecule has 3 aromatic rings. The summed E-state index contributed by atoms with van der Waals surface area (Å²) in [6, 6.07) is 19.3. The zero-order chi connectivity index (χ0) is 26.4. The van der Waals surface area contributed by atoms with E-state index in [2.05, 4.69) is 16.4 Å². The molecule has 0 spiro atoms. The van der Waals surface area contributed by atoms with Gasteiger partial charge < -0.3 is 33.7 Å². The van der Waals surface area contributed by atoms with Crippen molar-refractivity contribution in [1.29, 1.82) is 0 Å². The van der Waals surface area contributed by atoms with E-state index in [1.54, 1.807) is 18.2 Å². The number of sulfone groups is 1. The van der Waals surface area contributed by atoms with Gasteiger partial charge in [0.2, 0.25) is 17.7 Å². The number of para-hydroxylation sites is 1. The molecular formula is C27H31ClN4O5S. The Morgan fingerprint density at radius 2 is 1.71 bits per heavy atom. The minimum atomic E-state index is -3.59. The highest BCUT2D eigenvalue weighted by molar-refractivity contribution is 7.91. The lowest BCUT2D eigenvalue weighted by Crippen LogP contribution is -3.00. The van der Waals surface area contributed by atoms with E-state index in [1.807, 2.05) is 42.5 Å². The van der Waals surface area contributed by atoms with Crippen LogP contribution in [0.25, 0.3) is 10.8 Å². The monoisotopic (exact) mass is 558 g/mol. The molecule has 1 aliphatic heterocycles. The molecule has 0 saturated carbocycles. The van der Waals surface area contributed by atoms with Crippen LogP contribution in [-0.4, -0.2) is 57.6 Å². The van der Waals surface area contributed by atoms with Crippen molar-refractivity contribution in [3.05, 3.63) is 72.3 Å². The Hall–Kier alpha value is -3.47. The first kappa shape index (κ1) is 29.1. The van der Waals surface area contributed by atoms with Crippen LogP contribution in [0.4, 0.5) is 5.69 Å². The summed E-state index contributed by atoms with van der Waals surface area (Å²) >= 11 is 0. The number of carbonyl (C=O) groups is 3. The second-order valence-electron chi connectivity index (χ2n) is 8.98. The van der Waals surface area contributed by atoms with Crippen molar-refractivity contribution in [2.45, 2.75) is 30.2 Å². The van der Waals surface area contributed by atoms with Crippen LogP contribution in [-0.2, 0) is 30.6 Å². The number of nitrogens with zero attached hydrogens (tertiary/aromatic N) is 1. The van der Waals surface area contributed by atoms with Crippen LogP contribution < -0.4 is 33.7 Å². The highest BCUT2D eigenvalue weighted by Crippen LogP contribution is 2.30. The van der Waals surface area contributed by atoms with Gasteiger partial charge in [-0.2, -0.15) is 0 Å². The number of fused-ring (bicyclic) bond motifs is 2. The fourth-order valence-electron chi connectivity index (χ4n) is 4.41. The third-order valence-corrected chi connectivity index (χ3v) is 8.08. The van der Waals surface area contributed by atoms with Gasteiger partial charge >= 0.3 is 0 Å². The molecule has 38 heavy (non-hydrogen) atoms. The highest BCUT2D eigenvalue weighted by Gasteiger charge is 2.31. The lowest BCUT2D eigenvalue weighted by atomic mass is 10.0. The van der Waals surface area contributed by atoms with Crippen molar-refractivity contribution in [1.82, 2.24) is 10.6 Å². The van der Waals surface area contributed by atoms with Gasteiger partial charge in [0, 0.05) is 25.8 Å². The normalized spacial score (nSPS) is 15.1. The molecule has 0 aliphatic carbocycles. The van der Waals surface area contributed by atoms with Gasteiger partial charge in [0.15, 0.2) is 9.84 Å². The van der Waals surface area contributed by atoms with Crippen LogP contribution in [0.3, 0.4) is 0 Å². The number of quaternary nitrogens is 1. The third-order valence-electron chi connectivity index (χ3n) is 6.32. The van der Waals surface area contributed by atoms with Gasteiger partial charge in [-0.25, -0.2) is 8.42 Å². The topological polar surface area (TPSA) is 140 Å². The first-order valence-electron chi connectivity index (χ1n) is 12.2. The number of hydrogen-bond acceptors (Lipinski definition) is 5. The lowest BCUT2D eigenvalue weighted by molar-refractivity contribution is -0.364. The average Bonchev–Trinajstić information content (AvgIpc) is 2.99. The smallest absolute Gasteiger partial charge is 0.243 e. The van der Waals surface area contributed by atoms with Crippen LogP contribution >= 0.6 is 0 Å². The van der Waals surface area contributed by atoms with Crippen molar-refractivity contribution in [2.75, 3.05) is 30.3 Å². The molecular weight excluding hydrogens is 528 g/mol. The first-order valence-corrected chi connectivity index (χ1v) is 13.9. The molecule has 202 valence electrons. The number of hydrogen-bond donors (Lipinski definition) is 3. The summed E-state index contributed by atoms with van der Waals surface area (Å²) in [5.41, 5.74) is 4.91. The number of carbonyl (C=O) groups excluding carboxylic acids is 3.